The van der Waals surface area contributed by atoms with Gasteiger partial charge in [-0.25, -0.2) is 0 Å². The SMILES string of the molecule is CCCCCCc1cccc(C(=CC=C=[N+]=[N-])c2cccc(CC)c2)c1.c1ccc([CH2][Ni][CH2]c2ccccc2)cc1. The Morgan fingerprint density at radius 3 is 1.80 bits per heavy atom. The first-order valence-corrected chi connectivity index (χ1v) is 16.0. The van der Waals surface area contributed by atoms with Crippen LogP contribution in [-0.2, 0) is 38.1 Å². The summed E-state index contributed by atoms with van der Waals surface area (Å²) in [5, 5.41) is 2.23. The zero-order chi connectivity index (χ0) is 29.0. The fourth-order valence-electron chi connectivity index (χ4n) is 4.45. The Morgan fingerprint density at radius 1 is 0.683 bits per heavy atom. The van der Waals surface area contributed by atoms with Gasteiger partial charge in [0.2, 0.25) is 0 Å². The van der Waals surface area contributed by atoms with E-state index in [2.05, 4.69) is 134 Å². The van der Waals surface area contributed by atoms with Crippen LogP contribution >= 0.6 is 0 Å². The molecule has 0 bridgehead atoms. The molecule has 2 nitrogen and oxygen atoms in total. The Hall–Kier alpha value is -3.73. The van der Waals surface area contributed by atoms with Crippen LogP contribution in [0.1, 0.15) is 72.9 Å². The van der Waals surface area contributed by atoms with Crippen molar-refractivity contribution in [3.8, 4) is 0 Å². The van der Waals surface area contributed by atoms with Gasteiger partial charge in [-0.15, -0.1) is 4.79 Å². The van der Waals surface area contributed by atoms with Crippen LogP contribution in [0.25, 0.3) is 11.1 Å². The summed E-state index contributed by atoms with van der Waals surface area (Å²) < 4.78 is 0. The number of rotatable bonds is 13. The van der Waals surface area contributed by atoms with Gasteiger partial charge in [0.1, 0.15) is 0 Å². The molecule has 0 saturated heterocycles. The normalized spacial score (nSPS) is 10.7. The molecule has 0 atom stereocenters. The third-order valence-corrected chi connectivity index (χ3v) is 7.99. The third-order valence-electron chi connectivity index (χ3n) is 6.69. The average Bonchev–Trinajstić information content (AvgIpc) is 3.03. The molecular formula is C38H42N2Ni. The van der Waals surface area contributed by atoms with Gasteiger partial charge in [-0.3, -0.25) is 0 Å². The van der Waals surface area contributed by atoms with Crippen molar-refractivity contribution in [2.75, 3.05) is 0 Å². The zero-order valence-electron chi connectivity index (χ0n) is 24.4. The van der Waals surface area contributed by atoms with Gasteiger partial charge in [-0.2, -0.15) is 0 Å². The molecule has 0 aromatic heterocycles. The summed E-state index contributed by atoms with van der Waals surface area (Å²) in [6, 6.07) is 38.6. The van der Waals surface area contributed by atoms with Crippen molar-refractivity contribution in [1.82, 2.24) is 0 Å². The van der Waals surface area contributed by atoms with Crippen molar-refractivity contribution >= 4 is 11.4 Å². The molecule has 41 heavy (non-hydrogen) atoms. The van der Waals surface area contributed by atoms with Crippen molar-refractivity contribution in [3.05, 3.63) is 160 Å². The van der Waals surface area contributed by atoms with Gasteiger partial charge in [0, 0.05) is 0 Å². The molecule has 4 rings (SSSR count). The minimum atomic E-state index is 1.01. The molecule has 0 aliphatic rings. The number of nitrogens with zero attached hydrogens (tertiary/aromatic N) is 2. The first-order valence-electron chi connectivity index (χ1n) is 14.6. The number of unbranched alkanes of at least 4 members (excludes halogenated alkanes) is 3. The van der Waals surface area contributed by atoms with Crippen molar-refractivity contribution < 1.29 is 19.2 Å². The molecule has 0 amide bonds. The molecular weight excluding hydrogens is 543 g/mol. The number of allylic oxidation sites excluding steroid dienone is 2. The molecule has 3 heteroatoms. The molecule has 0 N–H and O–H groups in total. The summed E-state index contributed by atoms with van der Waals surface area (Å²) >= 11 is 1.78. The molecule has 0 unspecified atom stereocenters. The van der Waals surface area contributed by atoms with Crippen LogP contribution in [0.5, 0.6) is 0 Å². The predicted octanol–water partition coefficient (Wildman–Crippen LogP) is 9.73. The van der Waals surface area contributed by atoms with Crippen molar-refractivity contribution in [1.29, 1.82) is 0 Å². The molecule has 214 valence electrons. The second-order valence-electron chi connectivity index (χ2n) is 9.89. The van der Waals surface area contributed by atoms with Crippen LogP contribution in [0.2, 0.25) is 0 Å². The topological polar surface area (TPSA) is 36.4 Å². The van der Waals surface area contributed by atoms with Crippen LogP contribution < -0.4 is 0 Å². The maximum atomic E-state index is 8.64. The molecule has 0 aliphatic carbocycles. The van der Waals surface area contributed by atoms with Crippen molar-refractivity contribution in [2.24, 2.45) is 0 Å². The summed E-state index contributed by atoms with van der Waals surface area (Å²) in [6.45, 7) is 4.41. The van der Waals surface area contributed by atoms with E-state index in [4.69, 9.17) is 5.53 Å². The first-order chi connectivity index (χ1) is 20.2. The van der Waals surface area contributed by atoms with Gasteiger partial charge in [0.05, 0.1) is 6.08 Å². The minimum absolute atomic E-state index is 1.01. The zero-order valence-corrected chi connectivity index (χ0v) is 25.4. The molecule has 0 heterocycles. The standard InChI is InChI=1S/C24H28N2.2C7H7.Ni/c1-3-5-6-7-11-21-13-9-15-23(19-21)24(16-10-17-26-25)22-14-8-12-20(4-2)18-22;2*1-7-5-3-2-4-6-7;/h8-10,12-16,18-19H,3-7,11H2,1-2H3;2*2-6H,1H2;. The van der Waals surface area contributed by atoms with E-state index in [1.165, 1.54) is 59.1 Å². The summed E-state index contributed by atoms with van der Waals surface area (Å²) in [5.41, 5.74) is 17.6. The van der Waals surface area contributed by atoms with E-state index in [9.17, 15) is 0 Å². The Balaban J connectivity index is 0.000000260. The van der Waals surface area contributed by atoms with Gasteiger partial charge in [-0.05, 0) is 53.2 Å². The van der Waals surface area contributed by atoms with Crippen LogP contribution in [0.15, 0.2) is 121 Å². The van der Waals surface area contributed by atoms with Gasteiger partial charge < -0.3 is 5.53 Å². The van der Waals surface area contributed by atoms with E-state index in [0.717, 1.165) is 29.2 Å². The molecule has 4 aromatic carbocycles. The molecule has 0 fully saturated rings. The Labute approximate surface area is 253 Å². The second kappa shape index (κ2) is 19.4. The second-order valence-corrected chi connectivity index (χ2v) is 11.1. The number of hydrogen-bond acceptors (Lipinski definition) is 0. The van der Waals surface area contributed by atoms with E-state index in [1.54, 1.807) is 20.5 Å². The Kier molecular flexibility index (Phi) is 15.0. The first kappa shape index (κ1) is 31.8. The van der Waals surface area contributed by atoms with E-state index in [0.29, 0.717) is 0 Å². The van der Waals surface area contributed by atoms with Gasteiger partial charge >= 0.3 is 97.0 Å². The van der Waals surface area contributed by atoms with Crippen LogP contribution in [0.3, 0.4) is 0 Å². The monoisotopic (exact) mass is 584 g/mol. The van der Waals surface area contributed by atoms with E-state index in [1.807, 2.05) is 6.08 Å². The molecule has 4 aromatic rings. The van der Waals surface area contributed by atoms with Gasteiger partial charge in [-0.1, -0.05) is 81.6 Å². The molecule has 0 aliphatic heterocycles. The number of hydrogen-bond donors (Lipinski definition) is 0. The van der Waals surface area contributed by atoms with Crippen molar-refractivity contribution in [2.45, 2.75) is 63.2 Å². The van der Waals surface area contributed by atoms with Crippen LogP contribution in [0, 0.1) is 0 Å². The third kappa shape index (κ3) is 12.1. The number of benzene rings is 4. The van der Waals surface area contributed by atoms with Crippen molar-refractivity contribution in [3.63, 3.8) is 0 Å². The van der Waals surface area contributed by atoms with E-state index in [-0.39, 0.29) is 0 Å². The Morgan fingerprint density at radius 2 is 1.24 bits per heavy atom. The summed E-state index contributed by atoms with van der Waals surface area (Å²) in [4.78, 5) is 2.95. The Bertz CT molecular complexity index is 1370. The average molecular weight is 585 g/mol. The predicted molar refractivity (Wildman–Crippen MR) is 171 cm³/mol. The van der Waals surface area contributed by atoms with Crippen LogP contribution in [0.4, 0.5) is 0 Å². The fourth-order valence-corrected chi connectivity index (χ4v) is 5.61. The molecule has 0 saturated carbocycles. The summed E-state index contributed by atoms with van der Waals surface area (Å²) in [7, 11) is 0. The molecule has 0 spiro atoms. The van der Waals surface area contributed by atoms with E-state index < -0.39 is 0 Å². The van der Waals surface area contributed by atoms with E-state index >= 15 is 0 Å². The van der Waals surface area contributed by atoms with Gasteiger partial charge in [0.25, 0.3) is 5.87 Å². The summed E-state index contributed by atoms with van der Waals surface area (Å²) in [6.07, 6.45) is 10.8. The van der Waals surface area contributed by atoms with Crippen LogP contribution in [-0.4, -0.2) is 10.7 Å². The quantitative estimate of drug-likeness (QED) is 0.0374. The maximum absolute atomic E-state index is 8.64. The van der Waals surface area contributed by atoms with Gasteiger partial charge in [0.15, 0.2) is 0 Å². The number of aryl methyl sites for hydroxylation is 2. The fraction of sp³-hybridized carbons (Fsp3) is 0.263. The molecule has 0 radical (unpaired) electrons. The summed E-state index contributed by atoms with van der Waals surface area (Å²) in [5.74, 6) is 2.49.